The Hall–Kier alpha value is -0.510. The second-order valence-corrected chi connectivity index (χ2v) is 7.52. The van der Waals surface area contributed by atoms with E-state index >= 15 is 0 Å². The predicted octanol–water partition coefficient (Wildman–Crippen LogP) is 3.61. The molecule has 2 aliphatic rings. The van der Waals surface area contributed by atoms with Crippen molar-refractivity contribution >= 4 is 11.8 Å². The molecule has 2 fully saturated rings. The zero-order chi connectivity index (χ0) is 14.2. The summed E-state index contributed by atoms with van der Waals surface area (Å²) in [6.45, 7) is 5.25. The molecule has 0 saturated carbocycles. The highest BCUT2D eigenvalue weighted by Crippen LogP contribution is 2.44. The van der Waals surface area contributed by atoms with Crippen LogP contribution in [0.15, 0.2) is 18.2 Å². The minimum atomic E-state index is 0.127. The van der Waals surface area contributed by atoms with Crippen LogP contribution in [0.25, 0.3) is 0 Å². The molecule has 3 atom stereocenters. The summed E-state index contributed by atoms with van der Waals surface area (Å²) in [6, 6.07) is 6.65. The lowest BCUT2D eigenvalue weighted by Gasteiger charge is -2.40. The Labute approximate surface area is 126 Å². The highest BCUT2D eigenvalue weighted by molar-refractivity contribution is 7.99. The lowest BCUT2D eigenvalue weighted by atomic mass is 9.78. The maximum absolute atomic E-state index is 6.66. The molecule has 1 aromatic rings. The summed E-state index contributed by atoms with van der Waals surface area (Å²) >= 11 is 2.03. The molecule has 0 aliphatic carbocycles. The standard InChI is InChI=1S/C17H25NOS/c1-12-4-3-5-13(2)15(12)16(18)14-6-8-19-17(10-14)7-9-20-11-17/h3-5,14,16H,6-11,18H2,1-2H3. The summed E-state index contributed by atoms with van der Waals surface area (Å²) in [6.07, 6.45) is 3.43. The van der Waals surface area contributed by atoms with Crippen LogP contribution in [-0.4, -0.2) is 23.7 Å². The Morgan fingerprint density at radius 1 is 1.35 bits per heavy atom. The molecule has 0 bridgehead atoms. The van der Waals surface area contributed by atoms with Crippen LogP contribution < -0.4 is 5.73 Å². The lowest BCUT2D eigenvalue weighted by molar-refractivity contribution is -0.0834. The Kier molecular flexibility index (Phi) is 4.11. The number of aryl methyl sites for hydroxylation is 2. The van der Waals surface area contributed by atoms with E-state index in [0.717, 1.165) is 25.2 Å². The summed E-state index contributed by atoms with van der Waals surface area (Å²) in [7, 11) is 0. The minimum absolute atomic E-state index is 0.127. The van der Waals surface area contributed by atoms with Gasteiger partial charge in [0.1, 0.15) is 0 Å². The molecule has 20 heavy (non-hydrogen) atoms. The van der Waals surface area contributed by atoms with Crippen LogP contribution in [0.1, 0.15) is 42.0 Å². The predicted molar refractivity (Wildman–Crippen MR) is 86.2 cm³/mol. The summed E-state index contributed by atoms with van der Waals surface area (Å²) in [5, 5.41) is 0. The minimum Gasteiger partial charge on any atom is -0.374 e. The van der Waals surface area contributed by atoms with Crippen molar-refractivity contribution in [2.75, 3.05) is 18.1 Å². The number of hydrogen-bond donors (Lipinski definition) is 1. The average molecular weight is 291 g/mol. The molecule has 2 N–H and O–H groups in total. The van der Waals surface area contributed by atoms with Crippen molar-refractivity contribution in [2.45, 2.75) is 44.8 Å². The Morgan fingerprint density at radius 3 is 2.75 bits per heavy atom. The van der Waals surface area contributed by atoms with Crippen LogP contribution in [0, 0.1) is 19.8 Å². The van der Waals surface area contributed by atoms with Gasteiger partial charge in [-0.15, -0.1) is 0 Å². The van der Waals surface area contributed by atoms with E-state index in [-0.39, 0.29) is 11.6 Å². The molecule has 2 nitrogen and oxygen atoms in total. The number of hydrogen-bond acceptors (Lipinski definition) is 3. The first-order chi connectivity index (χ1) is 9.61. The SMILES string of the molecule is Cc1cccc(C)c1C(N)C1CCOC2(CCSC2)C1. The maximum Gasteiger partial charge on any atom is 0.0783 e. The van der Waals surface area contributed by atoms with Gasteiger partial charge in [-0.05, 0) is 61.5 Å². The molecule has 0 radical (unpaired) electrons. The maximum atomic E-state index is 6.66. The van der Waals surface area contributed by atoms with Crippen molar-refractivity contribution in [3.63, 3.8) is 0 Å². The number of rotatable bonds is 2. The fraction of sp³-hybridized carbons (Fsp3) is 0.647. The van der Waals surface area contributed by atoms with Gasteiger partial charge in [0.2, 0.25) is 0 Å². The van der Waals surface area contributed by atoms with E-state index in [0.29, 0.717) is 5.92 Å². The van der Waals surface area contributed by atoms with Crippen molar-refractivity contribution in [1.82, 2.24) is 0 Å². The summed E-state index contributed by atoms with van der Waals surface area (Å²) < 4.78 is 6.13. The summed E-state index contributed by atoms with van der Waals surface area (Å²) in [4.78, 5) is 0. The molecular weight excluding hydrogens is 266 g/mol. The highest BCUT2D eigenvalue weighted by atomic mass is 32.2. The Balaban J connectivity index is 1.81. The third kappa shape index (κ3) is 2.63. The molecule has 3 unspecified atom stereocenters. The van der Waals surface area contributed by atoms with Gasteiger partial charge >= 0.3 is 0 Å². The fourth-order valence-electron chi connectivity index (χ4n) is 3.82. The quantitative estimate of drug-likeness (QED) is 0.904. The van der Waals surface area contributed by atoms with E-state index in [9.17, 15) is 0 Å². The molecular formula is C17H25NOS. The molecule has 1 aromatic carbocycles. The molecule has 0 amide bonds. The summed E-state index contributed by atoms with van der Waals surface area (Å²) in [5.41, 5.74) is 10.8. The molecule has 110 valence electrons. The van der Waals surface area contributed by atoms with Gasteiger partial charge < -0.3 is 10.5 Å². The van der Waals surface area contributed by atoms with Gasteiger partial charge in [0.15, 0.2) is 0 Å². The van der Waals surface area contributed by atoms with E-state index in [4.69, 9.17) is 10.5 Å². The molecule has 1 spiro atoms. The first-order valence-corrected chi connectivity index (χ1v) is 8.80. The monoisotopic (exact) mass is 291 g/mol. The first-order valence-electron chi connectivity index (χ1n) is 7.65. The van der Waals surface area contributed by atoms with Crippen molar-refractivity contribution in [1.29, 1.82) is 0 Å². The molecule has 2 aliphatic heterocycles. The van der Waals surface area contributed by atoms with Gasteiger partial charge in [-0.25, -0.2) is 0 Å². The van der Waals surface area contributed by atoms with E-state index in [2.05, 4.69) is 32.0 Å². The molecule has 2 saturated heterocycles. The van der Waals surface area contributed by atoms with Crippen molar-refractivity contribution < 1.29 is 4.74 Å². The number of nitrogens with two attached hydrogens (primary N) is 1. The lowest BCUT2D eigenvalue weighted by Crippen LogP contribution is -2.43. The van der Waals surface area contributed by atoms with Crippen molar-refractivity contribution in [3.8, 4) is 0 Å². The van der Waals surface area contributed by atoms with Gasteiger partial charge in [0, 0.05) is 18.4 Å². The third-order valence-corrected chi connectivity index (χ3v) is 6.20. The van der Waals surface area contributed by atoms with Crippen LogP contribution in [0.4, 0.5) is 0 Å². The smallest absolute Gasteiger partial charge is 0.0783 e. The second-order valence-electron chi connectivity index (χ2n) is 6.42. The van der Waals surface area contributed by atoms with Crippen LogP contribution in [0.5, 0.6) is 0 Å². The largest absolute Gasteiger partial charge is 0.374 e. The Bertz CT molecular complexity index is 462. The van der Waals surface area contributed by atoms with E-state index in [1.165, 1.54) is 28.9 Å². The number of thioether (sulfide) groups is 1. The molecule has 3 rings (SSSR count). The van der Waals surface area contributed by atoms with Crippen LogP contribution in [0.2, 0.25) is 0 Å². The van der Waals surface area contributed by atoms with Gasteiger partial charge in [-0.2, -0.15) is 11.8 Å². The number of benzene rings is 1. The molecule has 2 heterocycles. The average Bonchev–Trinajstić information content (AvgIpc) is 2.86. The Morgan fingerprint density at radius 2 is 2.10 bits per heavy atom. The van der Waals surface area contributed by atoms with Gasteiger partial charge in [-0.3, -0.25) is 0 Å². The van der Waals surface area contributed by atoms with Crippen molar-refractivity contribution in [3.05, 3.63) is 34.9 Å². The summed E-state index contributed by atoms with van der Waals surface area (Å²) in [5.74, 6) is 2.95. The number of ether oxygens (including phenoxy) is 1. The van der Waals surface area contributed by atoms with Crippen LogP contribution in [-0.2, 0) is 4.74 Å². The van der Waals surface area contributed by atoms with Gasteiger partial charge in [-0.1, -0.05) is 18.2 Å². The molecule has 3 heteroatoms. The zero-order valence-electron chi connectivity index (χ0n) is 12.5. The topological polar surface area (TPSA) is 35.2 Å². The van der Waals surface area contributed by atoms with Gasteiger partial charge in [0.05, 0.1) is 5.60 Å². The van der Waals surface area contributed by atoms with E-state index < -0.39 is 0 Å². The first kappa shape index (κ1) is 14.4. The zero-order valence-corrected chi connectivity index (χ0v) is 13.3. The van der Waals surface area contributed by atoms with Crippen molar-refractivity contribution in [2.24, 2.45) is 11.7 Å². The van der Waals surface area contributed by atoms with Crippen LogP contribution >= 0.6 is 11.8 Å². The third-order valence-electron chi connectivity index (χ3n) is 4.98. The van der Waals surface area contributed by atoms with Gasteiger partial charge in [0.25, 0.3) is 0 Å². The fourth-order valence-corrected chi connectivity index (χ4v) is 5.20. The van der Waals surface area contributed by atoms with Crippen LogP contribution in [0.3, 0.4) is 0 Å². The normalized spacial score (nSPS) is 31.6. The second kappa shape index (κ2) is 5.70. The molecule has 0 aromatic heterocycles. The van der Waals surface area contributed by atoms with E-state index in [1.54, 1.807) is 0 Å². The highest BCUT2D eigenvalue weighted by Gasteiger charge is 2.42. The van der Waals surface area contributed by atoms with E-state index in [1.807, 2.05) is 11.8 Å².